The third kappa shape index (κ3) is 6.45. The molecule has 3 nitrogen and oxygen atoms in total. The number of para-hydroxylation sites is 5. The highest BCUT2D eigenvalue weighted by molar-refractivity contribution is 6.11. The van der Waals surface area contributed by atoms with Crippen LogP contribution in [0.15, 0.2) is 235 Å². The molecule has 0 fully saturated rings. The van der Waals surface area contributed by atoms with E-state index in [2.05, 4.69) is 234 Å². The fourth-order valence-corrected chi connectivity index (χ4v) is 9.71. The Kier molecular flexibility index (Phi) is 8.97. The topological polar surface area (TPSA) is 21.3 Å². The fraction of sp³-hybridized carbons (Fsp3) is 0.0333. The van der Waals surface area contributed by atoms with E-state index in [0.29, 0.717) is 0 Å². The van der Waals surface area contributed by atoms with Gasteiger partial charge < -0.3 is 13.9 Å². The van der Waals surface area contributed by atoms with Crippen LogP contribution in [0.5, 0.6) is 0 Å². The van der Waals surface area contributed by atoms with Gasteiger partial charge in [0.2, 0.25) is 0 Å². The fourth-order valence-electron chi connectivity index (χ4n) is 9.71. The van der Waals surface area contributed by atoms with Crippen molar-refractivity contribution in [3.05, 3.63) is 236 Å². The summed E-state index contributed by atoms with van der Waals surface area (Å²) in [6.07, 6.45) is 8.82. The molecule has 63 heavy (non-hydrogen) atoms. The Balaban J connectivity index is 1.03. The van der Waals surface area contributed by atoms with Crippen molar-refractivity contribution < 1.29 is 4.42 Å². The van der Waals surface area contributed by atoms with Crippen LogP contribution in [-0.2, 0) is 0 Å². The summed E-state index contributed by atoms with van der Waals surface area (Å²) in [5.41, 5.74) is 18.0. The normalized spacial score (nSPS) is 12.7. The Bertz CT molecular complexity index is 3550. The first-order chi connectivity index (χ1) is 31.2. The average molecular weight is 807 g/mol. The largest absolute Gasteiger partial charge is 0.455 e. The summed E-state index contributed by atoms with van der Waals surface area (Å²) in [4.78, 5) is 2.40. The lowest BCUT2D eigenvalue weighted by molar-refractivity contribution is 0.670. The zero-order valence-electron chi connectivity index (χ0n) is 34.7. The number of anilines is 3. The number of benzene rings is 9. The van der Waals surface area contributed by atoms with Crippen LogP contribution < -0.4 is 4.90 Å². The van der Waals surface area contributed by atoms with Crippen LogP contribution in [0.1, 0.15) is 18.4 Å². The van der Waals surface area contributed by atoms with Crippen molar-refractivity contribution in [2.24, 2.45) is 0 Å². The van der Waals surface area contributed by atoms with Gasteiger partial charge in [0.1, 0.15) is 11.2 Å². The SMILES string of the molecule is C1=CCCC(c2cccc(-c3cccc(N(c4cccc(-c5ccccc5-n5c6ccccc6c6ccccc65)c4)c4cccc(-c5cccc6c5oc5ccccc56)c4)c3)c2)=C1. The van der Waals surface area contributed by atoms with Crippen molar-refractivity contribution in [1.82, 2.24) is 4.57 Å². The Hall–Kier alpha value is -8.14. The van der Waals surface area contributed by atoms with E-state index < -0.39 is 0 Å². The maximum Gasteiger partial charge on any atom is 0.143 e. The minimum Gasteiger partial charge on any atom is -0.455 e. The number of furan rings is 1. The predicted octanol–water partition coefficient (Wildman–Crippen LogP) is 16.9. The Morgan fingerprint density at radius 3 is 1.65 bits per heavy atom. The van der Waals surface area contributed by atoms with Crippen molar-refractivity contribution in [1.29, 1.82) is 0 Å². The molecule has 0 bridgehead atoms. The van der Waals surface area contributed by atoms with Crippen LogP contribution in [-0.4, -0.2) is 4.57 Å². The molecule has 2 aromatic heterocycles. The molecule has 1 aliphatic carbocycles. The highest BCUT2D eigenvalue weighted by Crippen LogP contribution is 2.43. The Morgan fingerprint density at radius 1 is 0.413 bits per heavy atom. The molecule has 12 rings (SSSR count). The molecule has 0 spiro atoms. The molecule has 0 radical (unpaired) electrons. The summed E-state index contributed by atoms with van der Waals surface area (Å²) in [7, 11) is 0. The number of nitrogens with zero attached hydrogens (tertiary/aromatic N) is 2. The van der Waals surface area contributed by atoms with Crippen LogP contribution in [0.25, 0.3) is 88.4 Å². The van der Waals surface area contributed by atoms with E-state index in [1.54, 1.807) is 0 Å². The first-order valence-corrected chi connectivity index (χ1v) is 21.8. The standard InChI is InChI=1S/C60H42N2O/c1-2-17-41(18-3-1)42-19-12-20-43(37-42)44-21-13-24-47(38-44)61(49-26-15-23-46(40-49)51-31-16-32-55-54-30-7-11-36-59(54)63-60(51)55)48-25-14-22-45(39-48)50-27-4-8-33-56(50)62-57-34-9-5-28-52(57)53-29-6-10-35-58(53)62/h1-2,4-17,19-40H,3,18H2. The van der Waals surface area contributed by atoms with Crippen LogP contribution in [0.2, 0.25) is 0 Å². The van der Waals surface area contributed by atoms with Gasteiger partial charge in [-0.1, -0.05) is 164 Å². The maximum absolute atomic E-state index is 6.56. The number of allylic oxidation sites excluding steroid dienone is 4. The second kappa shape index (κ2) is 15.4. The summed E-state index contributed by atoms with van der Waals surface area (Å²) < 4.78 is 8.98. The van der Waals surface area contributed by atoms with Crippen molar-refractivity contribution >= 4 is 66.4 Å². The molecule has 9 aromatic carbocycles. The number of hydrogen-bond donors (Lipinski definition) is 0. The number of fused-ring (bicyclic) bond motifs is 6. The van der Waals surface area contributed by atoms with Crippen molar-refractivity contribution in [3.63, 3.8) is 0 Å². The number of aromatic nitrogens is 1. The van der Waals surface area contributed by atoms with Gasteiger partial charge in [-0.05, 0) is 113 Å². The third-order valence-electron chi connectivity index (χ3n) is 12.6. The second-order valence-corrected chi connectivity index (χ2v) is 16.4. The van der Waals surface area contributed by atoms with Gasteiger partial charge >= 0.3 is 0 Å². The molecule has 0 saturated heterocycles. The second-order valence-electron chi connectivity index (χ2n) is 16.4. The highest BCUT2D eigenvalue weighted by atomic mass is 16.3. The summed E-state index contributed by atoms with van der Waals surface area (Å²) >= 11 is 0. The molecule has 298 valence electrons. The lowest BCUT2D eigenvalue weighted by Crippen LogP contribution is -2.10. The lowest BCUT2D eigenvalue weighted by atomic mass is 9.94. The van der Waals surface area contributed by atoms with Crippen LogP contribution in [0, 0.1) is 0 Å². The van der Waals surface area contributed by atoms with E-state index in [-0.39, 0.29) is 0 Å². The number of rotatable bonds is 8. The minimum atomic E-state index is 0.896. The van der Waals surface area contributed by atoms with E-state index in [1.165, 1.54) is 44.1 Å². The molecular formula is C60H42N2O. The van der Waals surface area contributed by atoms with Gasteiger partial charge in [0.15, 0.2) is 0 Å². The predicted molar refractivity (Wildman–Crippen MR) is 265 cm³/mol. The highest BCUT2D eigenvalue weighted by Gasteiger charge is 2.20. The van der Waals surface area contributed by atoms with Gasteiger partial charge in [-0.3, -0.25) is 0 Å². The van der Waals surface area contributed by atoms with Crippen molar-refractivity contribution in [3.8, 4) is 39.1 Å². The molecule has 0 atom stereocenters. The number of hydrogen-bond acceptors (Lipinski definition) is 2. The van der Waals surface area contributed by atoms with Gasteiger partial charge in [0, 0.05) is 49.7 Å². The average Bonchev–Trinajstić information content (AvgIpc) is 3.91. The van der Waals surface area contributed by atoms with Crippen LogP contribution >= 0.6 is 0 Å². The Labute approximate surface area is 366 Å². The molecular weight excluding hydrogens is 765 g/mol. The first kappa shape index (κ1) is 36.7. The van der Waals surface area contributed by atoms with E-state index in [1.807, 2.05) is 6.07 Å². The lowest BCUT2D eigenvalue weighted by Gasteiger charge is -2.27. The van der Waals surface area contributed by atoms with Crippen LogP contribution in [0.3, 0.4) is 0 Å². The van der Waals surface area contributed by atoms with Gasteiger partial charge in [-0.2, -0.15) is 0 Å². The van der Waals surface area contributed by atoms with E-state index in [4.69, 9.17) is 4.42 Å². The maximum atomic E-state index is 6.56. The van der Waals surface area contributed by atoms with Crippen LogP contribution in [0.4, 0.5) is 17.1 Å². The first-order valence-electron chi connectivity index (χ1n) is 21.8. The van der Waals surface area contributed by atoms with Crippen molar-refractivity contribution in [2.45, 2.75) is 12.8 Å². The van der Waals surface area contributed by atoms with Crippen molar-refractivity contribution in [2.75, 3.05) is 4.90 Å². The molecule has 3 heteroatoms. The summed E-state index contributed by atoms with van der Waals surface area (Å²) in [6.45, 7) is 0. The summed E-state index contributed by atoms with van der Waals surface area (Å²) in [5, 5.41) is 4.75. The third-order valence-corrected chi connectivity index (χ3v) is 12.6. The molecule has 0 unspecified atom stereocenters. The molecule has 0 amide bonds. The Morgan fingerprint density at radius 2 is 0.937 bits per heavy atom. The van der Waals surface area contributed by atoms with Gasteiger partial charge in [-0.15, -0.1) is 0 Å². The van der Waals surface area contributed by atoms with E-state index in [9.17, 15) is 0 Å². The van der Waals surface area contributed by atoms with Gasteiger partial charge in [0.25, 0.3) is 0 Å². The summed E-state index contributed by atoms with van der Waals surface area (Å²) in [6, 6.07) is 76.9. The molecule has 1 aliphatic rings. The van der Waals surface area contributed by atoms with E-state index in [0.717, 1.165) is 79.8 Å². The molecule has 0 saturated carbocycles. The molecule has 11 aromatic rings. The minimum absolute atomic E-state index is 0.896. The molecule has 0 aliphatic heterocycles. The quantitative estimate of drug-likeness (QED) is 0.153. The van der Waals surface area contributed by atoms with E-state index >= 15 is 0 Å². The summed E-state index contributed by atoms with van der Waals surface area (Å²) in [5.74, 6) is 0. The van der Waals surface area contributed by atoms with Gasteiger partial charge in [-0.25, -0.2) is 0 Å². The smallest absolute Gasteiger partial charge is 0.143 e. The zero-order valence-corrected chi connectivity index (χ0v) is 34.7. The molecule has 2 heterocycles. The molecule has 0 N–H and O–H groups in total. The monoisotopic (exact) mass is 806 g/mol. The zero-order chi connectivity index (χ0) is 41.7. The van der Waals surface area contributed by atoms with Gasteiger partial charge in [0.05, 0.1) is 16.7 Å².